The van der Waals surface area contributed by atoms with Gasteiger partial charge in [0.25, 0.3) is 5.91 Å². The minimum absolute atomic E-state index is 0.145. The molecule has 2 N–H and O–H groups in total. The zero-order chi connectivity index (χ0) is 17.5. The van der Waals surface area contributed by atoms with Gasteiger partial charge in [-0.15, -0.1) is 0 Å². The van der Waals surface area contributed by atoms with Crippen molar-refractivity contribution >= 4 is 17.3 Å². The van der Waals surface area contributed by atoms with Crippen LogP contribution in [-0.2, 0) is 0 Å². The van der Waals surface area contributed by atoms with E-state index in [2.05, 4.69) is 34.6 Å². The molecule has 2 rings (SSSR count). The van der Waals surface area contributed by atoms with E-state index in [4.69, 9.17) is 0 Å². The summed E-state index contributed by atoms with van der Waals surface area (Å²) in [5.41, 5.74) is 4.49. The van der Waals surface area contributed by atoms with E-state index in [-0.39, 0.29) is 5.91 Å². The SMILES string of the molecule is Cc1cccc(NC(=O)c2cncc(NCCCN(C)C)c2)c1C. The lowest BCUT2D eigenvalue weighted by molar-refractivity contribution is 0.102. The first kappa shape index (κ1) is 17.9. The van der Waals surface area contributed by atoms with Gasteiger partial charge in [0, 0.05) is 24.6 Å². The van der Waals surface area contributed by atoms with Crippen molar-refractivity contribution in [2.24, 2.45) is 0 Å². The predicted octanol–water partition coefficient (Wildman–Crippen LogP) is 3.31. The van der Waals surface area contributed by atoms with Gasteiger partial charge in [0.1, 0.15) is 0 Å². The van der Waals surface area contributed by atoms with Crippen LogP contribution in [0.15, 0.2) is 36.7 Å². The molecule has 0 aliphatic rings. The van der Waals surface area contributed by atoms with Crippen LogP contribution in [0.4, 0.5) is 11.4 Å². The van der Waals surface area contributed by atoms with Crippen LogP contribution in [0.1, 0.15) is 27.9 Å². The van der Waals surface area contributed by atoms with Gasteiger partial charge in [-0.2, -0.15) is 0 Å². The van der Waals surface area contributed by atoms with E-state index in [1.165, 1.54) is 0 Å². The zero-order valence-corrected chi connectivity index (χ0v) is 14.9. The topological polar surface area (TPSA) is 57.3 Å². The maximum Gasteiger partial charge on any atom is 0.257 e. The van der Waals surface area contributed by atoms with Crippen LogP contribution >= 0.6 is 0 Å². The van der Waals surface area contributed by atoms with E-state index in [1.54, 1.807) is 12.4 Å². The normalized spacial score (nSPS) is 10.7. The van der Waals surface area contributed by atoms with Gasteiger partial charge < -0.3 is 15.5 Å². The Morgan fingerprint density at radius 2 is 2.00 bits per heavy atom. The van der Waals surface area contributed by atoms with E-state index in [0.29, 0.717) is 5.56 Å². The maximum atomic E-state index is 12.5. The molecule has 0 radical (unpaired) electrons. The molecule has 2 aromatic rings. The molecule has 1 aromatic heterocycles. The van der Waals surface area contributed by atoms with E-state index in [9.17, 15) is 4.79 Å². The number of rotatable bonds is 7. The molecule has 0 atom stereocenters. The van der Waals surface area contributed by atoms with Crippen molar-refractivity contribution in [1.29, 1.82) is 0 Å². The Labute approximate surface area is 144 Å². The summed E-state index contributed by atoms with van der Waals surface area (Å²) in [6.45, 7) is 5.91. The van der Waals surface area contributed by atoms with Gasteiger partial charge >= 0.3 is 0 Å². The molecule has 0 unspecified atom stereocenters. The number of nitrogens with one attached hydrogen (secondary N) is 2. The largest absolute Gasteiger partial charge is 0.384 e. The molecule has 5 nitrogen and oxygen atoms in total. The quantitative estimate of drug-likeness (QED) is 0.767. The summed E-state index contributed by atoms with van der Waals surface area (Å²) in [6, 6.07) is 7.73. The van der Waals surface area contributed by atoms with Crippen molar-refractivity contribution in [2.75, 3.05) is 37.8 Å². The first-order valence-corrected chi connectivity index (χ1v) is 8.18. The number of carbonyl (C=O) groups is 1. The summed E-state index contributed by atoms with van der Waals surface area (Å²) in [6.07, 6.45) is 4.36. The Morgan fingerprint density at radius 1 is 1.21 bits per heavy atom. The summed E-state index contributed by atoms with van der Waals surface area (Å²) in [5.74, 6) is -0.145. The molecule has 1 heterocycles. The van der Waals surface area contributed by atoms with Crippen LogP contribution in [0.5, 0.6) is 0 Å². The molecule has 0 aliphatic carbocycles. The average molecular weight is 326 g/mol. The Bertz CT molecular complexity index is 698. The zero-order valence-electron chi connectivity index (χ0n) is 14.9. The summed E-state index contributed by atoms with van der Waals surface area (Å²) >= 11 is 0. The van der Waals surface area contributed by atoms with Crippen molar-refractivity contribution in [3.05, 3.63) is 53.3 Å². The van der Waals surface area contributed by atoms with Crippen LogP contribution in [0, 0.1) is 13.8 Å². The molecule has 5 heteroatoms. The van der Waals surface area contributed by atoms with Crippen molar-refractivity contribution in [3.8, 4) is 0 Å². The average Bonchev–Trinajstić information content (AvgIpc) is 2.56. The Balaban J connectivity index is 1.99. The Morgan fingerprint density at radius 3 is 2.75 bits per heavy atom. The highest BCUT2D eigenvalue weighted by Gasteiger charge is 2.09. The number of anilines is 2. The summed E-state index contributed by atoms with van der Waals surface area (Å²) < 4.78 is 0. The molecule has 0 fully saturated rings. The maximum absolute atomic E-state index is 12.5. The molecule has 0 saturated heterocycles. The third-order valence-corrected chi connectivity index (χ3v) is 3.96. The molecule has 1 amide bonds. The molecular formula is C19H26N4O. The van der Waals surface area contributed by atoms with Crippen LogP contribution in [0.3, 0.4) is 0 Å². The molecule has 0 spiro atoms. The van der Waals surface area contributed by atoms with E-state index in [1.807, 2.05) is 38.1 Å². The third-order valence-electron chi connectivity index (χ3n) is 3.96. The molecule has 0 saturated carbocycles. The van der Waals surface area contributed by atoms with Gasteiger partial charge in [-0.3, -0.25) is 9.78 Å². The van der Waals surface area contributed by atoms with E-state index in [0.717, 1.165) is 42.0 Å². The number of carbonyl (C=O) groups excluding carboxylic acids is 1. The summed E-state index contributed by atoms with van der Waals surface area (Å²) in [5, 5.41) is 6.27. The van der Waals surface area contributed by atoms with Gasteiger partial charge in [-0.05, 0) is 64.2 Å². The van der Waals surface area contributed by atoms with Crippen LogP contribution in [0.25, 0.3) is 0 Å². The van der Waals surface area contributed by atoms with E-state index < -0.39 is 0 Å². The summed E-state index contributed by atoms with van der Waals surface area (Å²) in [4.78, 5) is 18.8. The standard InChI is InChI=1S/C19H26N4O/c1-14-7-5-8-18(15(14)2)22-19(24)16-11-17(13-20-12-16)21-9-6-10-23(3)4/h5,7-8,11-13,21H,6,9-10H2,1-4H3,(H,22,24). The second-order valence-electron chi connectivity index (χ2n) is 6.25. The number of pyridine rings is 1. The molecule has 128 valence electrons. The predicted molar refractivity (Wildman–Crippen MR) is 99.8 cm³/mol. The number of benzene rings is 1. The Kier molecular flexibility index (Phi) is 6.32. The van der Waals surface area contributed by atoms with Crippen molar-refractivity contribution < 1.29 is 4.79 Å². The minimum atomic E-state index is -0.145. The number of amides is 1. The van der Waals surface area contributed by atoms with Gasteiger partial charge in [0.15, 0.2) is 0 Å². The fourth-order valence-electron chi connectivity index (χ4n) is 2.37. The van der Waals surface area contributed by atoms with Crippen molar-refractivity contribution in [1.82, 2.24) is 9.88 Å². The van der Waals surface area contributed by atoms with Crippen molar-refractivity contribution in [3.63, 3.8) is 0 Å². The second-order valence-corrected chi connectivity index (χ2v) is 6.25. The molecule has 1 aromatic carbocycles. The lowest BCUT2D eigenvalue weighted by Gasteiger charge is -2.12. The van der Waals surface area contributed by atoms with Gasteiger partial charge in [0.05, 0.1) is 11.3 Å². The smallest absolute Gasteiger partial charge is 0.257 e. The van der Waals surface area contributed by atoms with Crippen molar-refractivity contribution in [2.45, 2.75) is 20.3 Å². The molecule has 24 heavy (non-hydrogen) atoms. The number of hydrogen-bond acceptors (Lipinski definition) is 4. The lowest BCUT2D eigenvalue weighted by atomic mass is 10.1. The fourth-order valence-corrected chi connectivity index (χ4v) is 2.37. The van der Waals surface area contributed by atoms with Crippen LogP contribution < -0.4 is 10.6 Å². The van der Waals surface area contributed by atoms with Crippen LogP contribution in [0.2, 0.25) is 0 Å². The molecular weight excluding hydrogens is 300 g/mol. The highest BCUT2D eigenvalue weighted by atomic mass is 16.1. The highest BCUT2D eigenvalue weighted by molar-refractivity contribution is 6.05. The number of hydrogen-bond donors (Lipinski definition) is 2. The fraction of sp³-hybridized carbons (Fsp3) is 0.368. The molecule has 0 aliphatic heterocycles. The highest BCUT2D eigenvalue weighted by Crippen LogP contribution is 2.19. The number of aromatic nitrogens is 1. The number of aryl methyl sites for hydroxylation is 1. The van der Waals surface area contributed by atoms with Gasteiger partial charge in [-0.1, -0.05) is 12.1 Å². The van der Waals surface area contributed by atoms with Crippen LogP contribution in [-0.4, -0.2) is 43.0 Å². The number of nitrogens with zero attached hydrogens (tertiary/aromatic N) is 2. The first-order chi connectivity index (χ1) is 11.5. The minimum Gasteiger partial charge on any atom is -0.384 e. The molecule has 0 bridgehead atoms. The monoisotopic (exact) mass is 326 g/mol. The van der Waals surface area contributed by atoms with Gasteiger partial charge in [-0.25, -0.2) is 0 Å². The summed E-state index contributed by atoms with van der Waals surface area (Å²) in [7, 11) is 4.11. The lowest BCUT2D eigenvalue weighted by Crippen LogP contribution is -2.17. The Hall–Kier alpha value is -2.40. The van der Waals surface area contributed by atoms with E-state index >= 15 is 0 Å². The second kappa shape index (κ2) is 8.45. The third kappa shape index (κ3) is 5.06. The van der Waals surface area contributed by atoms with Gasteiger partial charge in [0.2, 0.25) is 0 Å². The first-order valence-electron chi connectivity index (χ1n) is 8.18.